The summed E-state index contributed by atoms with van der Waals surface area (Å²) in [5, 5.41) is 6.22. The number of amides is 1. The van der Waals surface area contributed by atoms with E-state index in [1.165, 1.54) is 20.0 Å². The van der Waals surface area contributed by atoms with Crippen molar-refractivity contribution in [2.24, 2.45) is 7.05 Å². The lowest BCUT2D eigenvalue weighted by Gasteiger charge is -2.14. The van der Waals surface area contributed by atoms with Crippen LogP contribution >= 0.6 is 0 Å². The summed E-state index contributed by atoms with van der Waals surface area (Å²) in [6, 6.07) is 2.33. The van der Waals surface area contributed by atoms with E-state index in [1.54, 1.807) is 0 Å². The number of carbonyl (C=O) groups is 1. The van der Waals surface area contributed by atoms with Gasteiger partial charge in [0.15, 0.2) is 5.69 Å². The topological polar surface area (TPSA) is 69.0 Å². The van der Waals surface area contributed by atoms with Crippen LogP contribution in [0.4, 0.5) is 22.0 Å². The molecule has 11 heteroatoms. The summed E-state index contributed by atoms with van der Waals surface area (Å²) < 4.78 is 67.0. The van der Waals surface area contributed by atoms with E-state index in [2.05, 4.69) is 20.1 Å². The largest absolute Gasteiger partial charge is 0.433 e. The second-order valence-electron chi connectivity index (χ2n) is 5.04. The summed E-state index contributed by atoms with van der Waals surface area (Å²) in [6.45, 7) is -1.54. The van der Waals surface area contributed by atoms with Gasteiger partial charge in [0.2, 0.25) is 5.88 Å². The number of ether oxygens (including phenoxy) is 1. The van der Waals surface area contributed by atoms with Gasteiger partial charge in [0.25, 0.3) is 5.91 Å². The Morgan fingerprint density at radius 2 is 2.00 bits per heavy atom. The Balaban J connectivity index is 2.07. The fourth-order valence-corrected chi connectivity index (χ4v) is 1.95. The van der Waals surface area contributed by atoms with Crippen molar-refractivity contribution in [3.8, 4) is 5.88 Å². The van der Waals surface area contributed by atoms with Gasteiger partial charge in [-0.15, -0.1) is 0 Å². The molecule has 0 spiro atoms. The Bertz CT molecular complexity index is 743. The summed E-state index contributed by atoms with van der Waals surface area (Å²) in [5.41, 5.74) is -0.889. The van der Waals surface area contributed by atoms with Crippen LogP contribution in [0.1, 0.15) is 34.7 Å². The van der Waals surface area contributed by atoms with Gasteiger partial charge >= 0.3 is 12.8 Å². The highest BCUT2D eigenvalue weighted by atomic mass is 19.4. The highest BCUT2D eigenvalue weighted by Crippen LogP contribution is 2.28. The summed E-state index contributed by atoms with van der Waals surface area (Å²) in [4.78, 5) is 15.4. The van der Waals surface area contributed by atoms with E-state index in [1.807, 2.05) is 0 Å². The molecule has 0 aromatic carbocycles. The van der Waals surface area contributed by atoms with E-state index >= 15 is 0 Å². The zero-order chi connectivity index (χ0) is 18.8. The van der Waals surface area contributed by atoms with Crippen LogP contribution in [0.2, 0.25) is 0 Å². The molecule has 1 amide bonds. The molecule has 0 fully saturated rings. The van der Waals surface area contributed by atoms with Gasteiger partial charge in [0.1, 0.15) is 5.69 Å². The van der Waals surface area contributed by atoms with Crippen molar-refractivity contribution in [3.05, 3.63) is 41.3 Å². The van der Waals surface area contributed by atoms with Crippen molar-refractivity contribution < 1.29 is 31.5 Å². The summed E-state index contributed by atoms with van der Waals surface area (Å²) >= 11 is 0. The van der Waals surface area contributed by atoms with Crippen LogP contribution in [0, 0.1) is 0 Å². The molecule has 1 atom stereocenters. The first-order chi connectivity index (χ1) is 11.6. The molecule has 136 valence electrons. The third-order valence-electron chi connectivity index (χ3n) is 3.20. The van der Waals surface area contributed by atoms with Crippen LogP contribution in [-0.2, 0) is 13.2 Å². The molecule has 0 aliphatic rings. The molecule has 6 nitrogen and oxygen atoms in total. The van der Waals surface area contributed by atoms with E-state index in [4.69, 9.17) is 0 Å². The minimum atomic E-state index is -4.56. The fraction of sp³-hybridized carbons (Fsp3) is 0.357. The van der Waals surface area contributed by atoms with E-state index in [9.17, 15) is 26.7 Å². The first-order valence-corrected chi connectivity index (χ1v) is 6.90. The van der Waals surface area contributed by atoms with E-state index in [0.717, 1.165) is 23.0 Å². The minimum Gasteiger partial charge on any atom is -0.417 e. The maximum Gasteiger partial charge on any atom is 0.433 e. The Morgan fingerprint density at radius 1 is 1.32 bits per heavy atom. The smallest absolute Gasteiger partial charge is 0.417 e. The van der Waals surface area contributed by atoms with Crippen LogP contribution < -0.4 is 10.1 Å². The molecular weight excluding hydrogens is 351 g/mol. The van der Waals surface area contributed by atoms with Gasteiger partial charge in [0.05, 0.1) is 6.04 Å². The Labute approximate surface area is 138 Å². The molecule has 0 saturated heterocycles. The highest BCUT2D eigenvalue weighted by Gasteiger charge is 2.32. The molecule has 2 rings (SSSR count). The first-order valence-electron chi connectivity index (χ1n) is 6.90. The molecule has 25 heavy (non-hydrogen) atoms. The fourth-order valence-electron chi connectivity index (χ4n) is 1.95. The molecule has 0 aliphatic carbocycles. The molecular formula is C14H13F5N4O2. The number of carbonyl (C=O) groups excluding carboxylic acids is 1. The van der Waals surface area contributed by atoms with Gasteiger partial charge < -0.3 is 10.1 Å². The lowest BCUT2D eigenvalue weighted by molar-refractivity contribution is -0.141. The van der Waals surface area contributed by atoms with E-state index in [-0.39, 0.29) is 11.6 Å². The predicted molar refractivity (Wildman–Crippen MR) is 75.0 cm³/mol. The Kier molecular flexibility index (Phi) is 5.24. The van der Waals surface area contributed by atoms with Crippen molar-refractivity contribution in [2.75, 3.05) is 0 Å². The zero-order valence-corrected chi connectivity index (χ0v) is 13.0. The van der Waals surface area contributed by atoms with Gasteiger partial charge in [-0.25, -0.2) is 4.68 Å². The van der Waals surface area contributed by atoms with E-state index in [0.29, 0.717) is 5.56 Å². The number of aryl methyl sites for hydroxylation is 1. The SMILES string of the molecule is C[C@H](NC(=O)c1cc(OC(F)F)n(C)n1)c1ccc(C(F)(F)F)nc1. The summed E-state index contributed by atoms with van der Waals surface area (Å²) in [7, 11) is 1.32. The lowest BCUT2D eigenvalue weighted by Crippen LogP contribution is -2.27. The van der Waals surface area contributed by atoms with Gasteiger partial charge in [0, 0.05) is 19.3 Å². The van der Waals surface area contributed by atoms with E-state index < -0.39 is 30.4 Å². The first kappa shape index (κ1) is 18.6. The van der Waals surface area contributed by atoms with Crippen LogP contribution in [-0.4, -0.2) is 27.3 Å². The third-order valence-corrected chi connectivity index (χ3v) is 3.20. The number of hydrogen-bond donors (Lipinski definition) is 1. The average molecular weight is 364 g/mol. The molecule has 0 bridgehead atoms. The zero-order valence-electron chi connectivity index (χ0n) is 13.0. The maximum atomic E-state index is 12.5. The monoisotopic (exact) mass is 364 g/mol. The number of nitrogens with one attached hydrogen (secondary N) is 1. The minimum absolute atomic E-state index is 0.176. The molecule has 0 unspecified atom stereocenters. The average Bonchev–Trinajstić information content (AvgIpc) is 2.87. The normalized spacial score (nSPS) is 13.0. The summed E-state index contributed by atoms with van der Waals surface area (Å²) in [5.74, 6) is -1.00. The van der Waals surface area contributed by atoms with Crippen molar-refractivity contribution in [2.45, 2.75) is 25.8 Å². The standard InChI is InChI=1S/C14H13F5N4O2/c1-7(8-3-4-10(20-6-8)14(17,18)19)21-12(24)9-5-11(23(2)22-9)25-13(15)16/h3-7,13H,1-2H3,(H,21,24)/t7-/m0/s1. The molecule has 1 N–H and O–H groups in total. The van der Waals surface area contributed by atoms with Crippen LogP contribution in [0.25, 0.3) is 0 Å². The number of rotatable bonds is 5. The quantitative estimate of drug-likeness (QED) is 0.829. The third kappa shape index (κ3) is 4.64. The van der Waals surface area contributed by atoms with Gasteiger partial charge in [-0.05, 0) is 18.6 Å². The second-order valence-corrected chi connectivity index (χ2v) is 5.04. The molecule has 2 aromatic rings. The molecule has 0 radical (unpaired) electrons. The Morgan fingerprint density at radius 3 is 2.52 bits per heavy atom. The molecule has 0 aliphatic heterocycles. The number of aromatic nitrogens is 3. The van der Waals surface area contributed by atoms with Gasteiger partial charge in [-0.3, -0.25) is 9.78 Å². The lowest BCUT2D eigenvalue weighted by atomic mass is 10.1. The number of halogens is 5. The number of pyridine rings is 1. The highest BCUT2D eigenvalue weighted by molar-refractivity contribution is 5.92. The Hall–Kier alpha value is -2.72. The van der Waals surface area contributed by atoms with Crippen molar-refractivity contribution in [1.29, 1.82) is 0 Å². The number of alkyl halides is 5. The van der Waals surface area contributed by atoms with Crippen LogP contribution in [0.15, 0.2) is 24.4 Å². The predicted octanol–water partition coefficient (Wildman–Crippen LogP) is 2.93. The molecule has 2 aromatic heterocycles. The maximum absolute atomic E-state index is 12.5. The van der Waals surface area contributed by atoms with Crippen LogP contribution in [0.5, 0.6) is 5.88 Å². The van der Waals surface area contributed by atoms with Crippen LogP contribution in [0.3, 0.4) is 0 Å². The van der Waals surface area contributed by atoms with Crippen molar-refractivity contribution >= 4 is 5.91 Å². The molecule has 0 saturated carbocycles. The second kappa shape index (κ2) is 7.03. The van der Waals surface area contributed by atoms with Crippen molar-refractivity contribution in [1.82, 2.24) is 20.1 Å². The molecule has 2 heterocycles. The van der Waals surface area contributed by atoms with Gasteiger partial charge in [-0.2, -0.15) is 27.1 Å². The van der Waals surface area contributed by atoms with Gasteiger partial charge in [-0.1, -0.05) is 6.07 Å². The number of hydrogen-bond acceptors (Lipinski definition) is 4. The van der Waals surface area contributed by atoms with Crippen molar-refractivity contribution in [3.63, 3.8) is 0 Å². The summed E-state index contributed by atoms with van der Waals surface area (Å²) in [6.07, 6.45) is -3.56. The number of nitrogens with zero attached hydrogens (tertiary/aromatic N) is 3.